The molecule has 4 rings (SSSR count). The summed E-state index contributed by atoms with van der Waals surface area (Å²) >= 11 is 0. The number of pyridine rings is 1. The first-order chi connectivity index (χ1) is 15.4. The minimum absolute atomic E-state index is 0.0320. The maximum absolute atomic E-state index is 14.6. The van der Waals surface area contributed by atoms with Crippen molar-refractivity contribution in [1.29, 1.82) is 0 Å². The summed E-state index contributed by atoms with van der Waals surface area (Å²) in [6.07, 6.45) is 3.75. The molecule has 0 radical (unpaired) electrons. The summed E-state index contributed by atoms with van der Waals surface area (Å²) in [5, 5.41) is 3.67. The Kier molecular flexibility index (Phi) is 6.62. The lowest BCUT2D eigenvalue weighted by atomic mass is 9.95. The van der Waals surface area contributed by atoms with Crippen LogP contribution in [0.15, 0.2) is 18.2 Å². The van der Waals surface area contributed by atoms with E-state index in [2.05, 4.69) is 10.3 Å². The quantitative estimate of drug-likeness (QED) is 0.622. The van der Waals surface area contributed by atoms with Crippen LogP contribution in [0.5, 0.6) is 5.75 Å². The average molecular weight is 448 g/mol. The van der Waals surface area contributed by atoms with Gasteiger partial charge in [-0.25, -0.2) is 13.8 Å². The summed E-state index contributed by atoms with van der Waals surface area (Å²) in [4.78, 5) is 19.8. The molecular weight excluding hydrogens is 416 g/mol. The number of hydrogen-bond acceptors (Lipinski definition) is 5. The van der Waals surface area contributed by atoms with Crippen molar-refractivity contribution >= 4 is 16.8 Å². The van der Waals surface area contributed by atoms with E-state index in [4.69, 9.17) is 9.47 Å². The van der Waals surface area contributed by atoms with Crippen molar-refractivity contribution in [3.63, 3.8) is 0 Å². The predicted octanol–water partition coefficient (Wildman–Crippen LogP) is 3.92. The third-order valence-electron chi connectivity index (χ3n) is 6.54. The van der Waals surface area contributed by atoms with Crippen LogP contribution in [0.25, 0.3) is 10.9 Å². The monoisotopic (exact) mass is 447 g/mol. The fourth-order valence-corrected chi connectivity index (χ4v) is 4.87. The van der Waals surface area contributed by atoms with Crippen molar-refractivity contribution in [1.82, 2.24) is 15.2 Å². The van der Waals surface area contributed by atoms with Gasteiger partial charge in [0.05, 0.1) is 6.61 Å². The molecule has 1 aliphatic carbocycles. The van der Waals surface area contributed by atoms with Crippen LogP contribution in [-0.4, -0.2) is 61.3 Å². The number of benzene rings is 1. The summed E-state index contributed by atoms with van der Waals surface area (Å²) in [6, 6.07) is 3.58. The number of piperidine rings is 1. The summed E-state index contributed by atoms with van der Waals surface area (Å²) in [6.45, 7) is 6.68. The number of rotatable bonds is 8. The first-order valence-corrected chi connectivity index (χ1v) is 11.3. The highest BCUT2D eigenvalue weighted by atomic mass is 19.1. The van der Waals surface area contributed by atoms with Crippen molar-refractivity contribution in [3.8, 4) is 5.75 Å². The van der Waals surface area contributed by atoms with Gasteiger partial charge in [0.15, 0.2) is 5.82 Å². The van der Waals surface area contributed by atoms with Gasteiger partial charge in [-0.05, 0) is 45.7 Å². The Balaban J connectivity index is 1.68. The smallest absolute Gasteiger partial charge is 0.273 e. The SMILES string of the molecule is COCCCOc1cc(C(=O)N(C(C)C)[C@H]2CC23CCCNC3)nc2c(F)cc(F)cc12. The molecule has 174 valence electrons. The lowest BCUT2D eigenvalue weighted by Gasteiger charge is -2.32. The molecule has 6 nitrogen and oxygen atoms in total. The minimum Gasteiger partial charge on any atom is -0.493 e. The molecule has 2 heterocycles. The van der Waals surface area contributed by atoms with Gasteiger partial charge in [-0.1, -0.05) is 0 Å². The average Bonchev–Trinajstić information content (AvgIpc) is 3.42. The third-order valence-corrected chi connectivity index (χ3v) is 6.54. The number of carbonyl (C=O) groups excluding carboxylic acids is 1. The highest BCUT2D eigenvalue weighted by molar-refractivity contribution is 5.97. The zero-order chi connectivity index (χ0) is 22.9. The number of nitrogens with one attached hydrogen (secondary N) is 1. The summed E-state index contributed by atoms with van der Waals surface area (Å²) in [5.74, 6) is -1.53. The number of ether oxygens (including phenoxy) is 2. The third kappa shape index (κ3) is 4.43. The predicted molar refractivity (Wildman–Crippen MR) is 118 cm³/mol. The van der Waals surface area contributed by atoms with Crippen molar-refractivity contribution in [2.75, 3.05) is 33.4 Å². The number of aromatic nitrogens is 1. The molecule has 1 N–H and O–H groups in total. The second-order valence-electron chi connectivity index (χ2n) is 9.15. The van der Waals surface area contributed by atoms with Crippen LogP contribution in [0.2, 0.25) is 0 Å². The molecule has 1 spiro atoms. The molecule has 1 saturated carbocycles. The Bertz CT molecular complexity index is 992. The summed E-state index contributed by atoms with van der Waals surface area (Å²) < 4.78 is 39.4. The molecule has 1 saturated heterocycles. The molecule has 1 aromatic heterocycles. The van der Waals surface area contributed by atoms with Crippen LogP contribution in [-0.2, 0) is 4.74 Å². The zero-order valence-corrected chi connectivity index (χ0v) is 18.9. The Morgan fingerprint density at radius 3 is 2.81 bits per heavy atom. The standard InChI is InChI=1S/C24H31F2N3O3/c1-15(2)29(21-13-24(21)6-4-7-27-14-24)23(30)19-12-20(32-9-5-8-31-3)17-10-16(25)11-18(26)22(17)28-19/h10-12,15,21,27H,4-9,13-14H2,1-3H3/t21-,24?/m0/s1. The van der Waals surface area contributed by atoms with Gasteiger partial charge in [0.2, 0.25) is 0 Å². The largest absolute Gasteiger partial charge is 0.493 e. The van der Waals surface area contributed by atoms with Gasteiger partial charge < -0.3 is 19.7 Å². The minimum atomic E-state index is -0.813. The van der Waals surface area contributed by atoms with Crippen molar-refractivity contribution < 1.29 is 23.0 Å². The second kappa shape index (κ2) is 9.27. The van der Waals surface area contributed by atoms with E-state index in [9.17, 15) is 13.6 Å². The van der Waals surface area contributed by atoms with Gasteiger partial charge in [0.1, 0.15) is 22.8 Å². The number of methoxy groups -OCH3 is 1. The molecule has 2 aromatic rings. The number of hydrogen-bond donors (Lipinski definition) is 1. The van der Waals surface area contributed by atoms with Gasteiger partial charge in [-0.15, -0.1) is 0 Å². The molecule has 1 aromatic carbocycles. The van der Waals surface area contributed by atoms with E-state index in [-0.39, 0.29) is 45.8 Å². The van der Waals surface area contributed by atoms with E-state index in [1.54, 1.807) is 7.11 Å². The van der Waals surface area contributed by atoms with Gasteiger partial charge in [0.25, 0.3) is 5.91 Å². The summed E-state index contributed by atoms with van der Waals surface area (Å²) in [5.41, 5.74) is 0.167. The van der Waals surface area contributed by atoms with Gasteiger partial charge in [-0.3, -0.25) is 4.79 Å². The Labute approximate surface area is 187 Å². The number of fused-ring (bicyclic) bond motifs is 1. The second-order valence-corrected chi connectivity index (χ2v) is 9.15. The fourth-order valence-electron chi connectivity index (χ4n) is 4.87. The fraction of sp³-hybridized carbons (Fsp3) is 0.583. The van der Waals surface area contributed by atoms with Crippen LogP contribution < -0.4 is 10.1 Å². The number of nitrogens with zero attached hydrogens (tertiary/aromatic N) is 2. The molecule has 2 fully saturated rings. The molecule has 2 atom stereocenters. The lowest BCUT2D eigenvalue weighted by molar-refractivity contribution is 0.0642. The first-order valence-electron chi connectivity index (χ1n) is 11.3. The van der Waals surface area contributed by atoms with Crippen molar-refractivity contribution in [3.05, 3.63) is 35.5 Å². The van der Waals surface area contributed by atoms with E-state index < -0.39 is 11.6 Å². The summed E-state index contributed by atoms with van der Waals surface area (Å²) in [7, 11) is 1.59. The first kappa shape index (κ1) is 22.9. The Hall–Kier alpha value is -2.32. The van der Waals surface area contributed by atoms with E-state index in [1.165, 1.54) is 12.1 Å². The molecule has 32 heavy (non-hydrogen) atoms. The maximum atomic E-state index is 14.6. The molecule has 1 unspecified atom stereocenters. The van der Waals surface area contributed by atoms with E-state index in [1.807, 2.05) is 18.7 Å². The molecule has 0 bridgehead atoms. The van der Waals surface area contributed by atoms with Crippen LogP contribution in [0.1, 0.15) is 50.0 Å². The Morgan fingerprint density at radius 1 is 1.31 bits per heavy atom. The number of carbonyl (C=O) groups is 1. The van der Waals surface area contributed by atoms with E-state index >= 15 is 0 Å². The number of halogens is 2. The molecular formula is C24H31F2N3O3. The van der Waals surface area contributed by atoms with Crippen LogP contribution in [0.3, 0.4) is 0 Å². The molecule has 1 aliphatic heterocycles. The van der Waals surface area contributed by atoms with E-state index in [0.29, 0.717) is 19.6 Å². The van der Waals surface area contributed by atoms with E-state index in [0.717, 1.165) is 38.4 Å². The van der Waals surface area contributed by atoms with Gasteiger partial charge in [-0.2, -0.15) is 0 Å². The van der Waals surface area contributed by atoms with Crippen LogP contribution in [0, 0.1) is 17.0 Å². The maximum Gasteiger partial charge on any atom is 0.273 e. The topological polar surface area (TPSA) is 63.7 Å². The molecule has 1 amide bonds. The molecule has 2 aliphatic rings. The van der Waals surface area contributed by atoms with Crippen molar-refractivity contribution in [2.45, 2.75) is 51.6 Å². The van der Waals surface area contributed by atoms with Gasteiger partial charge in [0, 0.05) is 61.7 Å². The number of amides is 1. The Morgan fingerprint density at radius 2 is 2.12 bits per heavy atom. The normalized spacial score (nSPS) is 22.5. The van der Waals surface area contributed by atoms with Crippen LogP contribution >= 0.6 is 0 Å². The lowest BCUT2D eigenvalue weighted by Crippen LogP contribution is -2.44. The van der Waals surface area contributed by atoms with Gasteiger partial charge >= 0.3 is 0 Å². The zero-order valence-electron chi connectivity index (χ0n) is 18.9. The van der Waals surface area contributed by atoms with Crippen LogP contribution in [0.4, 0.5) is 8.78 Å². The highest BCUT2D eigenvalue weighted by Crippen LogP contribution is 2.54. The molecule has 8 heteroatoms. The highest BCUT2D eigenvalue weighted by Gasteiger charge is 2.58. The van der Waals surface area contributed by atoms with Crippen molar-refractivity contribution in [2.24, 2.45) is 5.41 Å².